The van der Waals surface area contributed by atoms with E-state index < -0.39 is 29.3 Å². The van der Waals surface area contributed by atoms with Crippen molar-refractivity contribution in [3.63, 3.8) is 0 Å². The van der Waals surface area contributed by atoms with Crippen LogP contribution in [0, 0.1) is 12.7 Å². The fourth-order valence-corrected chi connectivity index (χ4v) is 3.63. The van der Waals surface area contributed by atoms with Gasteiger partial charge in [0.25, 0.3) is 11.7 Å². The molecule has 2 aromatic carbocycles. The molecule has 0 spiro atoms. The number of furan rings is 1. The van der Waals surface area contributed by atoms with Crippen LogP contribution in [0.1, 0.15) is 28.5 Å². The van der Waals surface area contributed by atoms with Gasteiger partial charge in [-0.2, -0.15) is 0 Å². The molecule has 1 saturated heterocycles. The summed E-state index contributed by atoms with van der Waals surface area (Å²) >= 11 is 5.99. The van der Waals surface area contributed by atoms with E-state index in [-0.39, 0.29) is 17.7 Å². The van der Waals surface area contributed by atoms with Gasteiger partial charge in [-0.25, -0.2) is 4.39 Å². The van der Waals surface area contributed by atoms with Gasteiger partial charge in [-0.05, 0) is 48.4 Å². The maximum absolute atomic E-state index is 14.1. The molecule has 1 aliphatic rings. The van der Waals surface area contributed by atoms with Crippen LogP contribution >= 0.6 is 11.6 Å². The van der Waals surface area contributed by atoms with Crippen LogP contribution in [0.4, 0.5) is 4.39 Å². The first-order valence-electron chi connectivity index (χ1n) is 9.19. The molecule has 4 rings (SSSR count). The topological polar surface area (TPSA) is 70.8 Å². The molecule has 1 N–H and O–H groups in total. The summed E-state index contributed by atoms with van der Waals surface area (Å²) in [5, 5.41) is 11.4. The normalized spacial score (nSPS) is 18.2. The lowest BCUT2D eigenvalue weighted by Crippen LogP contribution is -2.29. The van der Waals surface area contributed by atoms with Crippen LogP contribution < -0.4 is 0 Å². The van der Waals surface area contributed by atoms with Gasteiger partial charge >= 0.3 is 0 Å². The van der Waals surface area contributed by atoms with Crippen molar-refractivity contribution in [2.75, 3.05) is 0 Å². The molecule has 3 aromatic rings. The van der Waals surface area contributed by atoms with Crippen LogP contribution in [0.25, 0.3) is 5.76 Å². The highest BCUT2D eigenvalue weighted by Gasteiger charge is 2.46. The first-order chi connectivity index (χ1) is 14.4. The molecule has 1 fully saturated rings. The predicted molar refractivity (Wildman–Crippen MR) is 109 cm³/mol. The summed E-state index contributed by atoms with van der Waals surface area (Å²) in [6.45, 7) is 1.62. The summed E-state index contributed by atoms with van der Waals surface area (Å²) in [5.41, 5.74) is 0.989. The Labute approximate surface area is 177 Å². The Bertz CT molecular complexity index is 1150. The number of ketones is 1. The largest absolute Gasteiger partial charge is 0.507 e. The molecule has 0 bridgehead atoms. The lowest BCUT2D eigenvalue weighted by Gasteiger charge is -2.24. The molecule has 0 saturated carbocycles. The van der Waals surface area contributed by atoms with Crippen molar-refractivity contribution in [1.82, 2.24) is 4.90 Å². The molecule has 1 unspecified atom stereocenters. The van der Waals surface area contributed by atoms with Gasteiger partial charge in [-0.1, -0.05) is 35.9 Å². The molecule has 1 atom stereocenters. The van der Waals surface area contributed by atoms with Crippen molar-refractivity contribution in [3.05, 3.63) is 99.7 Å². The van der Waals surface area contributed by atoms with Gasteiger partial charge in [0.15, 0.2) is 0 Å². The molecule has 152 valence electrons. The number of Topliss-reactive ketones (excluding diaryl/α,β-unsaturated/α-hetero) is 1. The number of rotatable bonds is 4. The fourth-order valence-electron chi connectivity index (χ4n) is 3.50. The summed E-state index contributed by atoms with van der Waals surface area (Å²) in [6, 6.07) is 13.3. The number of hydrogen-bond acceptors (Lipinski definition) is 4. The van der Waals surface area contributed by atoms with E-state index in [4.69, 9.17) is 16.0 Å². The smallest absolute Gasteiger partial charge is 0.296 e. The highest BCUT2D eigenvalue weighted by Crippen LogP contribution is 2.40. The molecule has 2 heterocycles. The van der Waals surface area contributed by atoms with Crippen molar-refractivity contribution in [1.29, 1.82) is 0 Å². The molecule has 30 heavy (non-hydrogen) atoms. The third-order valence-electron chi connectivity index (χ3n) is 5.08. The molecular weight excluding hydrogens is 409 g/mol. The Morgan fingerprint density at radius 1 is 1.17 bits per heavy atom. The number of halogens is 2. The Morgan fingerprint density at radius 3 is 2.53 bits per heavy atom. The van der Waals surface area contributed by atoms with Crippen molar-refractivity contribution in [2.24, 2.45) is 0 Å². The minimum Gasteiger partial charge on any atom is -0.507 e. The van der Waals surface area contributed by atoms with E-state index in [2.05, 4.69) is 0 Å². The average Bonchev–Trinajstić information content (AvgIpc) is 3.33. The molecule has 1 aliphatic heterocycles. The van der Waals surface area contributed by atoms with Crippen molar-refractivity contribution in [2.45, 2.75) is 19.5 Å². The van der Waals surface area contributed by atoms with Crippen LogP contribution in [-0.4, -0.2) is 21.7 Å². The second kappa shape index (κ2) is 7.80. The van der Waals surface area contributed by atoms with Crippen molar-refractivity contribution >= 4 is 29.1 Å². The number of aryl methyl sites for hydroxylation is 1. The first kappa shape index (κ1) is 19.9. The highest BCUT2D eigenvalue weighted by atomic mass is 35.5. The standard InChI is InChI=1S/C23H17ClFNO4/c1-13-4-5-15(11-18(13)25)21(27)19-20(14-6-8-16(24)9-7-14)26(23(29)22(19)28)12-17-3-2-10-30-17/h2-11,20,27H,12H2,1H3. The maximum atomic E-state index is 14.1. The fraction of sp³-hybridized carbons (Fsp3) is 0.130. The Morgan fingerprint density at radius 2 is 1.90 bits per heavy atom. The van der Waals surface area contributed by atoms with Gasteiger partial charge in [-0.15, -0.1) is 0 Å². The average molecular weight is 426 g/mol. The zero-order valence-corrected chi connectivity index (χ0v) is 16.7. The number of hydrogen-bond donors (Lipinski definition) is 1. The van der Waals surface area contributed by atoms with E-state index in [1.165, 1.54) is 23.3 Å². The van der Waals surface area contributed by atoms with Crippen LogP contribution in [0.2, 0.25) is 5.02 Å². The van der Waals surface area contributed by atoms with Crippen LogP contribution in [0.3, 0.4) is 0 Å². The number of carbonyl (C=O) groups is 2. The Balaban J connectivity index is 1.87. The van der Waals surface area contributed by atoms with Gasteiger partial charge in [0, 0.05) is 10.6 Å². The Kier molecular flexibility index (Phi) is 5.18. The molecule has 5 nitrogen and oxygen atoms in total. The van der Waals surface area contributed by atoms with Gasteiger partial charge in [0.2, 0.25) is 0 Å². The summed E-state index contributed by atoms with van der Waals surface area (Å²) in [4.78, 5) is 27.1. The lowest BCUT2D eigenvalue weighted by atomic mass is 9.95. The number of amides is 1. The number of aliphatic hydroxyl groups is 1. The van der Waals surface area contributed by atoms with Gasteiger partial charge in [0.05, 0.1) is 24.4 Å². The van der Waals surface area contributed by atoms with Crippen LogP contribution in [0.5, 0.6) is 0 Å². The summed E-state index contributed by atoms with van der Waals surface area (Å²) in [7, 11) is 0. The molecule has 0 radical (unpaired) electrons. The van der Waals surface area contributed by atoms with E-state index in [1.54, 1.807) is 43.3 Å². The number of benzene rings is 2. The molecular formula is C23H17ClFNO4. The summed E-state index contributed by atoms with van der Waals surface area (Å²) < 4.78 is 19.4. The summed E-state index contributed by atoms with van der Waals surface area (Å²) in [5.74, 6) is -2.10. The second-order valence-corrected chi connectivity index (χ2v) is 7.46. The van der Waals surface area contributed by atoms with Gasteiger partial charge in [-0.3, -0.25) is 9.59 Å². The van der Waals surface area contributed by atoms with E-state index in [1.807, 2.05) is 0 Å². The van der Waals surface area contributed by atoms with Crippen LogP contribution in [0.15, 0.2) is 70.9 Å². The van der Waals surface area contributed by atoms with E-state index in [0.717, 1.165) is 6.07 Å². The lowest BCUT2D eigenvalue weighted by molar-refractivity contribution is -0.140. The number of likely N-dealkylation sites (tertiary alicyclic amines) is 1. The number of nitrogens with zero attached hydrogens (tertiary/aromatic N) is 1. The Hall–Kier alpha value is -3.38. The van der Waals surface area contributed by atoms with Gasteiger partial charge in [0.1, 0.15) is 17.3 Å². The van der Waals surface area contributed by atoms with E-state index in [9.17, 15) is 19.1 Å². The zero-order chi connectivity index (χ0) is 21.4. The number of aliphatic hydroxyl groups excluding tert-OH is 1. The quantitative estimate of drug-likeness (QED) is 0.362. The number of carbonyl (C=O) groups excluding carboxylic acids is 2. The maximum Gasteiger partial charge on any atom is 0.296 e. The summed E-state index contributed by atoms with van der Waals surface area (Å²) in [6.07, 6.45) is 1.47. The van der Waals surface area contributed by atoms with Crippen molar-refractivity contribution in [3.8, 4) is 0 Å². The molecule has 1 aromatic heterocycles. The van der Waals surface area contributed by atoms with Crippen LogP contribution in [-0.2, 0) is 16.1 Å². The monoisotopic (exact) mass is 425 g/mol. The molecule has 0 aliphatic carbocycles. The second-order valence-electron chi connectivity index (χ2n) is 7.02. The predicted octanol–water partition coefficient (Wildman–Crippen LogP) is 5.00. The molecule has 7 heteroatoms. The molecule has 1 amide bonds. The van der Waals surface area contributed by atoms with Gasteiger partial charge < -0.3 is 14.4 Å². The highest BCUT2D eigenvalue weighted by molar-refractivity contribution is 6.46. The third-order valence-corrected chi connectivity index (χ3v) is 5.33. The van der Waals surface area contributed by atoms with E-state index in [0.29, 0.717) is 21.9 Å². The zero-order valence-electron chi connectivity index (χ0n) is 15.9. The minimum absolute atomic E-state index is 0.0317. The van der Waals surface area contributed by atoms with E-state index >= 15 is 0 Å². The third kappa shape index (κ3) is 3.50. The van der Waals surface area contributed by atoms with Crippen molar-refractivity contribution < 1.29 is 23.5 Å². The minimum atomic E-state index is -0.878. The SMILES string of the molecule is Cc1ccc(C(O)=C2C(=O)C(=O)N(Cc3ccco3)C2c2ccc(Cl)cc2)cc1F. The first-order valence-corrected chi connectivity index (χ1v) is 9.57.